The van der Waals surface area contributed by atoms with Crippen molar-refractivity contribution in [3.63, 3.8) is 0 Å². The van der Waals surface area contributed by atoms with Gasteiger partial charge in [0.25, 0.3) is 0 Å². The third-order valence-electron chi connectivity index (χ3n) is 3.79. The number of hydrogen-bond donors (Lipinski definition) is 1. The summed E-state index contributed by atoms with van der Waals surface area (Å²) in [7, 11) is -3.43. The number of aliphatic hydroxyl groups is 1. The first-order valence-electron chi connectivity index (χ1n) is 6.68. The van der Waals surface area contributed by atoms with Crippen LogP contribution in [0.3, 0.4) is 0 Å². The highest BCUT2D eigenvalue weighted by Crippen LogP contribution is 2.26. The summed E-state index contributed by atoms with van der Waals surface area (Å²) >= 11 is 0. The molecule has 0 aliphatic carbocycles. The van der Waals surface area contributed by atoms with Crippen molar-refractivity contribution in [1.29, 1.82) is 0 Å². The van der Waals surface area contributed by atoms with Crippen LogP contribution in [0.15, 0.2) is 17.0 Å². The summed E-state index contributed by atoms with van der Waals surface area (Å²) in [6, 6.07) is 3.44. The van der Waals surface area contributed by atoms with Crippen molar-refractivity contribution in [2.45, 2.75) is 44.6 Å². The van der Waals surface area contributed by atoms with Crippen LogP contribution in [0.5, 0.6) is 0 Å². The summed E-state index contributed by atoms with van der Waals surface area (Å²) < 4.78 is 26.9. The maximum absolute atomic E-state index is 12.7. The van der Waals surface area contributed by atoms with Gasteiger partial charge in [-0.15, -0.1) is 0 Å². The quantitative estimate of drug-likeness (QED) is 0.922. The Morgan fingerprint density at radius 3 is 2.37 bits per heavy atom. The minimum absolute atomic E-state index is 0.135. The van der Waals surface area contributed by atoms with Gasteiger partial charge in [-0.25, -0.2) is 8.42 Å². The lowest BCUT2D eigenvalue weighted by molar-refractivity contribution is 0.281. The smallest absolute Gasteiger partial charge is 0.243 e. The van der Waals surface area contributed by atoms with Crippen LogP contribution in [0.2, 0.25) is 0 Å². The molecule has 1 aromatic carbocycles. The van der Waals surface area contributed by atoms with Gasteiger partial charge in [-0.05, 0) is 49.4 Å². The predicted octanol–water partition coefficient (Wildman–Crippen LogP) is 1.97. The number of benzene rings is 1. The van der Waals surface area contributed by atoms with Gasteiger partial charge in [-0.2, -0.15) is 4.31 Å². The average molecular weight is 283 g/mol. The van der Waals surface area contributed by atoms with Gasteiger partial charge in [-0.1, -0.05) is 12.5 Å². The highest BCUT2D eigenvalue weighted by molar-refractivity contribution is 7.89. The van der Waals surface area contributed by atoms with E-state index in [1.54, 1.807) is 10.4 Å². The van der Waals surface area contributed by atoms with E-state index in [4.69, 9.17) is 0 Å². The largest absolute Gasteiger partial charge is 0.392 e. The van der Waals surface area contributed by atoms with E-state index >= 15 is 0 Å². The Bertz CT molecular complexity index is 560. The highest BCUT2D eigenvalue weighted by atomic mass is 32.2. The fourth-order valence-corrected chi connectivity index (χ4v) is 4.37. The number of aliphatic hydroxyl groups excluding tert-OH is 1. The molecule has 1 heterocycles. The van der Waals surface area contributed by atoms with Gasteiger partial charge < -0.3 is 5.11 Å². The third-order valence-corrected chi connectivity index (χ3v) is 5.82. The van der Waals surface area contributed by atoms with E-state index in [2.05, 4.69) is 0 Å². The molecule has 0 bridgehead atoms. The molecule has 106 valence electrons. The summed E-state index contributed by atoms with van der Waals surface area (Å²) in [6.45, 7) is 4.77. The minimum atomic E-state index is -3.43. The maximum Gasteiger partial charge on any atom is 0.243 e. The Labute approximate surface area is 115 Å². The Morgan fingerprint density at radius 2 is 1.79 bits per heavy atom. The van der Waals surface area contributed by atoms with Gasteiger partial charge in [0.2, 0.25) is 10.0 Å². The molecule has 0 amide bonds. The summed E-state index contributed by atoms with van der Waals surface area (Å²) in [4.78, 5) is 0.346. The molecule has 1 aliphatic heterocycles. The molecule has 0 radical (unpaired) electrons. The van der Waals surface area contributed by atoms with Gasteiger partial charge in [0.1, 0.15) is 0 Å². The maximum atomic E-state index is 12.7. The number of hydrogen-bond acceptors (Lipinski definition) is 3. The fourth-order valence-electron chi connectivity index (χ4n) is 2.50. The Balaban J connectivity index is 2.47. The molecule has 1 fully saturated rings. The van der Waals surface area contributed by atoms with E-state index in [0.29, 0.717) is 23.5 Å². The second-order valence-electron chi connectivity index (χ2n) is 5.16. The normalized spacial score (nSPS) is 17.6. The van der Waals surface area contributed by atoms with E-state index < -0.39 is 10.0 Å². The summed E-state index contributed by atoms with van der Waals surface area (Å²) in [5, 5.41) is 9.25. The zero-order chi connectivity index (χ0) is 14.0. The fraction of sp³-hybridized carbons (Fsp3) is 0.571. The molecular formula is C14H21NO3S. The lowest BCUT2D eigenvalue weighted by atomic mass is 10.1. The van der Waals surface area contributed by atoms with Crippen LogP contribution in [0.25, 0.3) is 0 Å². The van der Waals surface area contributed by atoms with E-state index in [1.165, 1.54) is 0 Å². The monoisotopic (exact) mass is 283 g/mol. The molecule has 1 aliphatic rings. The van der Waals surface area contributed by atoms with Crippen LogP contribution in [0, 0.1) is 13.8 Å². The van der Waals surface area contributed by atoms with Gasteiger partial charge >= 0.3 is 0 Å². The van der Waals surface area contributed by atoms with Crippen LogP contribution >= 0.6 is 0 Å². The number of sulfonamides is 1. The standard InChI is InChI=1S/C14H21NO3S/c1-11-8-13(10-16)9-14(12(11)2)19(17,18)15-6-4-3-5-7-15/h8-9,16H,3-7,10H2,1-2H3. The predicted molar refractivity (Wildman–Crippen MR) is 74.4 cm³/mol. The molecule has 0 atom stereocenters. The average Bonchev–Trinajstić information content (AvgIpc) is 2.42. The summed E-state index contributed by atoms with van der Waals surface area (Å²) in [5.74, 6) is 0. The van der Waals surface area contributed by atoms with Crippen LogP contribution in [-0.2, 0) is 16.6 Å². The number of aryl methyl sites for hydroxylation is 1. The Kier molecular flexibility index (Phi) is 4.28. The molecule has 1 N–H and O–H groups in total. The van der Waals surface area contributed by atoms with E-state index in [9.17, 15) is 13.5 Å². The van der Waals surface area contributed by atoms with E-state index in [0.717, 1.165) is 30.4 Å². The first-order chi connectivity index (χ1) is 8.96. The Hall–Kier alpha value is -0.910. The lowest BCUT2D eigenvalue weighted by Gasteiger charge is -2.27. The van der Waals surface area contributed by atoms with Crippen molar-refractivity contribution in [3.05, 3.63) is 28.8 Å². The zero-order valence-corrected chi connectivity index (χ0v) is 12.3. The molecule has 19 heavy (non-hydrogen) atoms. The molecule has 0 aromatic heterocycles. The van der Waals surface area contributed by atoms with E-state index in [1.807, 2.05) is 19.9 Å². The van der Waals surface area contributed by atoms with Gasteiger partial charge in [-0.3, -0.25) is 0 Å². The molecular weight excluding hydrogens is 262 g/mol. The molecule has 4 nitrogen and oxygen atoms in total. The van der Waals surface area contributed by atoms with Crippen molar-refractivity contribution in [1.82, 2.24) is 4.31 Å². The van der Waals surface area contributed by atoms with Crippen LogP contribution in [0.4, 0.5) is 0 Å². The van der Waals surface area contributed by atoms with Crippen molar-refractivity contribution >= 4 is 10.0 Å². The van der Waals surface area contributed by atoms with Crippen molar-refractivity contribution in [2.75, 3.05) is 13.1 Å². The summed E-state index contributed by atoms with van der Waals surface area (Å²) in [6.07, 6.45) is 2.95. The minimum Gasteiger partial charge on any atom is -0.392 e. The number of nitrogens with zero attached hydrogens (tertiary/aromatic N) is 1. The number of piperidine rings is 1. The topological polar surface area (TPSA) is 57.6 Å². The van der Waals surface area contributed by atoms with E-state index in [-0.39, 0.29) is 6.61 Å². The first-order valence-corrected chi connectivity index (χ1v) is 8.12. The van der Waals surface area contributed by atoms with Gasteiger partial charge in [0.15, 0.2) is 0 Å². The molecule has 2 rings (SSSR count). The molecule has 0 unspecified atom stereocenters. The second kappa shape index (κ2) is 5.61. The zero-order valence-electron chi connectivity index (χ0n) is 11.5. The van der Waals surface area contributed by atoms with Crippen LogP contribution < -0.4 is 0 Å². The van der Waals surface area contributed by atoms with Crippen LogP contribution in [0.1, 0.15) is 36.0 Å². The Morgan fingerprint density at radius 1 is 1.16 bits per heavy atom. The lowest BCUT2D eigenvalue weighted by Crippen LogP contribution is -2.36. The number of rotatable bonds is 3. The van der Waals surface area contributed by atoms with Crippen LogP contribution in [-0.4, -0.2) is 30.9 Å². The van der Waals surface area contributed by atoms with Crippen molar-refractivity contribution in [3.8, 4) is 0 Å². The molecule has 0 saturated carbocycles. The first kappa shape index (κ1) is 14.5. The highest BCUT2D eigenvalue weighted by Gasteiger charge is 2.28. The van der Waals surface area contributed by atoms with Gasteiger partial charge in [0, 0.05) is 13.1 Å². The summed E-state index contributed by atoms with van der Waals surface area (Å²) in [5.41, 5.74) is 2.34. The SMILES string of the molecule is Cc1cc(CO)cc(S(=O)(=O)N2CCCCC2)c1C. The molecule has 1 aromatic rings. The molecule has 5 heteroatoms. The molecule has 1 saturated heterocycles. The van der Waals surface area contributed by atoms with Crippen molar-refractivity contribution < 1.29 is 13.5 Å². The second-order valence-corrected chi connectivity index (χ2v) is 7.07. The molecule has 0 spiro atoms. The van der Waals surface area contributed by atoms with Crippen molar-refractivity contribution in [2.24, 2.45) is 0 Å². The van der Waals surface area contributed by atoms with Gasteiger partial charge in [0.05, 0.1) is 11.5 Å². The third kappa shape index (κ3) is 2.83.